The Morgan fingerprint density at radius 1 is 0.865 bits per heavy atom. The molecule has 5 aliphatic rings. The Bertz CT molecular complexity index is 1050. The Labute approximate surface area is 225 Å². The van der Waals surface area contributed by atoms with E-state index in [0.717, 1.165) is 45.1 Å². The molecule has 0 amide bonds. The van der Waals surface area contributed by atoms with Gasteiger partial charge >= 0.3 is 0 Å². The van der Waals surface area contributed by atoms with Crippen LogP contribution in [-0.2, 0) is 9.53 Å². The second kappa shape index (κ2) is 8.33. The first-order chi connectivity index (χ1) is 17.0. The minimum atomic E-state index is -0.442. The third kappa shape index (κ3) is 3.88. The van der Waals surface area contributed by atoms with Crippen LogP contribution in [0.2, 0.25) is 0 Å². The van der Waals surface area contributed by atoms with Crippen molar-refractivity contribution in [2.75, 3.05) is 6.61 Å². The number of carbonyl (C=O) groups excluding carboxylic acids is 1. The minimum absolute atomic E-state index is 0.0229. The maximum Gasteiger partial charge on any atom is 0.136 e. The van der Waals surface area contributed by atoms with Crippen LogP contribution in [0.1, 0.15) is 120 Å². The van der Waals surface area contributed by atoms with Crippen LogP contribution < -0.4 is 0 Å². The summed E-state index contributed by atoms with van der Waals surface area (Å²) in [5, 5.41) is 21.1. The zero-order chi connectivity index (χ0) is 27.2. The van der Waals surface area contributed by atoms with Gasteiger partial charge in [0.1, 0.15) is 11.5 Å². The van der Waals surface area contributed by atoms with E-state index in [1.54, 1.807) is 0 Å². The van der Waals surface area contributed by atoms with E-state index in [1.807, 2.05) is 0 Å². The van der Waals surface area contributed by atoms with Gasteiger partial charge in [-0.3, -0.25) is 4.79 Å². The van der Waals surface area contributed by atoms with Crippen LogP contribution in [0.25, 0.3) is 0 Å². The fourth-order valence-corrected chi connectivity index (χ4v) is 10.4. The van der Waals surface area contributed by atoms with Crippen molar-refractivity contribution in [2.24, 2.45) is 50.2 Å². The van der Waals surface area contributed by atoms with Gasteiger partial charge < -0.3 is 9.84 Å². The quantitative estimate of drug-likeness (QED) is 0.362. The molecule has 4 nitrogen and oxygen atoms in total. The van der Waals surface area contributed by atoms with Crippen molar-refractivity contribution in [3.8, 4) is 6.07 Å². The standard InChI is InChI=1S/C33H51NO3/c1-28(2)11-9-22-23(35)17-25-31(6)18-21(19-34)27(36)29(3,4)24(31)10-12-33(25,8)32(22,7)16-15-30(5,14-13-28)26-20-37-26/h22,24-26,36H,9-18,20H2,1-8H3/t22?,24-,25+,26?,30-,31-,32+,33+/m0/s1. The molecule has 37 heavy (non-hydrogen) atoms. The lowest BCUT2D eigenvalue weighted by molar-refractivity contribution is -0.202. The first-order valence-corrected chi connectivity index (χ1v) is 15.0. The normalized spacial score (nSPS) is 49.2. The second-order valence-corrected chi connectivity index (χ2v) is 16.2. The molecule has 8 atom stereocenters. The lowest BCUT2D eigenvalue weighted by atomic mass is 9.34. The lowest BCUT2D eigenvalue weighted by Crippen LogP contribution is -2.65. The van der Waals surface area contributed by atoms with Gasteiger partial charge in [-0.25, -0.2) is 0 Å². The van der Waals surface area contributed by atoms with E-state index >= 15 is 0 Å². The number of nitriles is 1. The number of hydrogen-bond donors (Lipinski definition) is 1. The molecule has 0 aromatic heterocycles. The molecule has 0 bridgehead atoms. The van der Waals surface area contributed by atoms with Crippen LogP contribution in [-0.4, -0.2) is 23.6 Å². The largest absolute Gasteiger partial charge is 0.511 e. The molecule has 4 fully saturated rings. The molecule has 2 unspecified atom stereocenters. The lowest BCUT2D eigenvalue weighted by Gasteiger charge is -2.69. The number of carbonyl (C=O) groups is 1. The maximum absolute atomic E-state index is 14.3. The number of aliphatic hydroxyl groups is 1. The smallest absolute Gasteiger partial charge is 0.136 e. The molecule has 1 heterocycles. The van der Waals surface area contributed by atoms with E-state index in [4.69, 9.17) is 4.74 Å². The van der Waals surface area contributed by atoms with Crippen LogP contribution in [0, 0.1) is 61.6 Å². The van der Waals surface area contributed by atoms with Crippen molar-refractivity contribution in [1.29, 1.82) is 5.26 Å². The van der Waals surface area contributed by atoms with Crippen molar-refractivity contribution >= 4 is 5.78 Å². The van der Waals surface area contributed by atoms with Crippen molar-refractivity contribution < 1.29 is 14.6 Å². The third-order valence-electron chi connectivity index (χ3n) is 13.5. The molecule has 4 heteroatoms. The van der Waals surface area contributed by atoms with E-state index in [2.05, 4.69) is 61.5 Å². The molecule has 1 aliphatic heterocycles. The van der Waals surface area contributed by atoms with Crippen LogP contribution in [0.5, 0.6) is 0 Å². The zero-order valence-electron chi connectivity index (χ0n) is 24.8. The van der Waals surface area contributed by atoms with Gasteiger partial charge in [-0.15, -0.1) is 0 Å². The molecule has 5 rings (SSSR count). The molecular weight excluding hydrogens is 458 g/mol. The highest BCUT2D eigenvalue weighted by atomic mass is 16.6. The average Bonchev–Trinajstić information content (AvgIpc) is 3.66. The van der Waals surface area contributed by atoms with Gasteiger partial charge in [0.15, 0.2) is 0 Å². The number of rotatable bonds is 1. The van der Waals surface area contributed by atoms with Crippen molar-refractivity contribution in [2.45, 2.75) is 126 Å². The molecule has 0 aromatic carbocycles. The van der Waals surface area contributed by atoms with E-state index in [-0.39, 0.29) is 50.6 Å². The zero-order valence-corrected chi connectivity index (χ0v) is 24.8. The summed E-state index contributed by atoms with van der Waals surface area (Å²) in [5.74, 6) is 1.34. The van der Waals surface area contributed by atoms with E-state index in [0.29, 0.717) is 30.3 Å². The number of Topliss-reactive ketones (excluding diaryl/α,β-unsaturated/α-hetero) is 1. The molecule has 0 aromatic rings. The van der Waals surface area contributed by atoms with Gasteiger partial charge in [0.05, 0.1) is 24.4 Å². The topological polar surface area (TPSA) is 73.6 Å². The van der Waals surface area contributed by atoms with Crippen molar-refractivity contribution in [3.05, 3.63) is 11.3 Å². The van der Waals surface area contributed by atoms with Crippen molar-refractivity contribution in [3.63, 3.8) is 0 Å². The van der Waals surface area contributed by atoms with Gasteiger partial charge in [0.2, 0.25) is 0 Å². The second-order valence-electron chi connectivity index (χ2n) is 16.2. The average molecular weight is 510 g/mol. The summed E-state index contributed by atoms with van der Waals surface area (Å²) in [6.45, 7) is 19.7. The highest BCUT2D eigenvalue weighted by Gasteiger charge is 2.68. The first-order valence-electron chi connectivity index (χ1n) is 15.0. The summed E-state index contributed by atoms with van der Waals surface area (Å²) in [6.07, 6.45) is 10.4. The molecule has 206 valence electrons. The van der Waals surface area contributed by atoms with Gasteiger partial charge in [-0.1, -0.05) is 55.4 Å². The van der Waals surface area contributed by atoms with Crippen LogP contribution in [0.15, 0.2) is 11.3 Å². The highest BCUT2D eigenvalue weighted by Crippen LogP contribution is 2.73. The number of ether oxygens (including phenoxy) is 1. The Balaban J connectivity index is 1.59. The predicted molar refractivity (Wildman–Crippen MR) is 147 cm³/mol. The van der Waals surface area contributed by atoms with Gasteiger partial charge in [-0.2, -0.15) is 5.26 Å². The summed E-state index contributed by atoms with van der Waals surface area (Å²) in [4.78, 5) is 14.3. The molecule has 1 saturated heterocycles. The summed E-state index contributed by atoms with van der Waals surface area (Å²) in [5.41, 5.74) is 0.272. The molecule has 4 aliphatic carbocycles. The minimum Gasteiger partial charge on any atom is -0.511 e. The first kappa shape index (κ1) is 27.2. The number of aliphatic hydroxyl groups excluding tert-OH is 1. The number of epoxide rings is 1. The predicted octanol–water partition coefficient (Wildman–Crippen LogP) is 8.17. The fraction of sp³-hybridized carbons (Fsp3) is 0.879. The summed E-state index contributed by atoms with van der Waals surface area (Å²) < 4.78 is 5.93. The highest BCUT2D eigenvalue weighted by molar-refractivity contribution is 5.83. The summed E-state index contributed by atoms with van der Waals surface area (Å²) in [7, 11) is 0. The maximum atomic E-state index is 14.3. The number of ketones is 1. The summed E-state index contributed by atoms with van der Waals surface area (Å²) in [6, 6.07) is 2.36. The molecule has 0 spiro atoms. The van der Waals surface area contributed by atoms with Crippen LogP contribution in [0.3, 0.4) is 0 Å². The monoisotopic (exact) mass is 509 g/mol. The van der Waals surface area contributed by atoms with Crippen LogP contribution >= 0.6 is 0 Å². The van der Waals surface area contributed by atoms with Gasteiger partial charge in [-0.05, 0) is 96.7 Å². The van der Waals surface area contributed by atoms with E-state index < -0.39 is 5.41 Å². The third-order valence-corrected chi connectivity index (χ3v) is 13.5. The Morgan fingerprint density at radius 2 is 1.51 bits per heavy atom. The molecule has 1 N–H and O–H groups in total. The van der Waals surface area contributed by atoms with E-state index in [9.17, 15) is 15.2 Å². The number of hydrogen-bond acceptors (Lipinski definition) is 4. The molecule has 0 radical (unpaired) electrons. The molecular formula is C33H51NO3. The SMILES string of the molecule is CC1(C)CCC2C(=O)C[C@@H]3[C@@]4(C)CC(C#N)=C(O)C(C)(C)[C@@H]4CC[C@@]3(C)[C@]2(C)CC[C@@](C)(C2CO2)CC1. The Hall–Kier alpha value is -1.34. The number of allylic oxidation sites excluding steroid dienone is 2. The van der Waals surface area contributed by atoms with Crippen LogP contribution in [0.4, 0.5) is 0 Å². The summed E-state index contributed by atoms with van der Waals surface area (Å²) >= 11 is 0. The van der Waals surface area contributed by atoms with Crippen molar-refractivity contribution in [1.82, 2.24) is 0 Å². The van der Waals surface area contributed by atoms with Gasteiger partial charge in [0.25, 0.3) is 0 Å². The number of fused-ring (bicyclic) bond motifs is 5. The number of nitrogens with zero attached hydrogens (tertiary/aromatic N) is 1. The van der Waals surface area contributed by atoms with Gasteiger partial charge in [0, 0.05) is 17.8 Å². The molecule has 3 saturated carbocycles. The van der Waals surface area contributed by atoms with E-state index in [1.165, 1.54) is 12.8 Å². The fourth-order valence-electron chi connectivity index (χ4n) is 10.4. The Kier molecular flexibility index (Phi) is 6.13. The Morgan fingerprint density at radius 3 is 2.14 bits per heavy atom.